The predicted molar refractivity (Wildman–Crippen MR) is 97.9 cm³/mol. The van der Waals surface area contributed by atoms with Crippen LogP contribution in [0.4, 0.5) is 5.69 Å². The summed E-state index contributed by atoms with van der Waals surface area (Å²) in [5.41, 5.74) is 2.82. The molecular weight excluding hydrogens is 340 g/mol. The molecule has 0 aliphatic carbocycles. The molecule has 3 aromatic rings. The summed E-state index contributed by atoms with van der Waals surface area (Å²) in [6.07, 6.45) is 0. The van der Waals surface area contributed by atoms with E-state index < -0.39 is 0 Å². The molecule has 6 heteroatoms. The van der Waals surface area contributed by atoms with Crippen LogP contribution in [0.2, 0.25) is 5.02 Å². The van der Waals surface area contributed by atoms with Crippen molar-refractivity contribution in [3.05, 3.63) is 64.4 Å². The monoisotopic (exact) mass is 356 g/mol. The third-order valence-corrected chi connectivity index (χ3v) is 4.12. The van der Waals surface area contributed by atoms with Crippen LogP contribution < -0.4 is 10.6 Å². The largest absolute Gasteiger partial charge is 0.449 e. The zero-order valence-electron chi connectivity index (χ0n) is 13.9. The lowest BCUT2D eigenvalue weighted by molar-refractivity contribution is -0.114. The van der Waals surface area contributed by atoms with E-state index in [-0.39, 0.29) is 17.6 Å². The van der Waals surface area contributed by atoms with Gasteiger partial charge in [0.25, 0.3) is 5.91 Å². The van der Waals surface area contributed by atoms with E-state index in [9.17, 15) is 9.59 Å². The Kier molecular flexibility index (Phi) is 4.76. The summed E-state index contributed by atoms with van der Waals surface area (Å²) in [6, 6.07) is 12.7. The first-order valence-corrected chi connectivity index (χ1v) is 8.16. The maximum Gasteiger partial charge on any atom is 0.287 e. The standard InChI is InChI=1S/C19H17ClN2O3/c1-11-15-7-4-8-16(20)18(15)25-17(11)19(24)21-10-13-5-3-6-14(9-13)22-12(2)23/h3-9H,10H2,1-2H3,(H,21,24)(H,22,23). The van der Waals surface area contributed by atoms with Crippen LogP contribution >= 0.6 is 11.6 Å². The lowest BCUT2D eigenvalue weighted by Crippen LogP contribution is -2.23. The molecule has 0 atom stereocenters. The highest BCUT2D eigenvalue weighted by molar-refractivity contribution is 6.35. The SMILES string of the molecule is CC(=O)Nc1cccc(CNC(=O)c2oc3c(Cl)cccc3c2C)c1. The van der Waals surface area contributed by atoms with E-state index in [4.69, 9.17) is 16.0 Å². The first-order chi connectivity index (χ1) is 12.0. The highest BCUT2D eigenvalue weighted by Gasteiger charge is 2.18. The molecule has 3 rings (SSSR count). The van der Waals surface area contributed by atoms with Gasteiger partial charge < -0.3 is 15.1 Å². The molecule has 2 aromatic carbocycles. The molecule has 25 heavy (non-hydrogen) atoms. The fourth-order valence-electron chi connectivity index (χ4n) is 2.65. The number of para-hydroxylation sites is 1. The number of carbonyl (C=O) groups is 2. The molecule has 0 aliphatic heterocycles. The molecule has 5 nitrogen and oxygen atoms in total. The van der Waals surface area contributed by atoms with Crippen LogP contribution in [0.3, 0.4) is 0 Å². The number of hydrogen-bond acceptors (Lipinski definition) is 3. The summed E-state index contributed by atoms with van der Waals surface area (Å²) >= 11 is 6.12. The molecule has 0 saturated heterocycles. The van der Waals surface area contributed by atoms with Crippen LogP contribution in [-0.4, -0.2) is 11.8 Å². The summed E-state index contributed by atoms with van der Waals surface area (Å²) in [4.78, 5) is 23.6. The second-order valence-corrected chi connectivity index (χ2v) is 6.14. The molecule has 128 valence electrons. The third-order valence-electron chi connectivity index (χ3n) is 3.82. The van der Waals surface area contributed by atoms with Gasteiger partial charge in [0.15, 0.2) is 11.3 Å². The van der Waals surface area contributed by atoms with Crippen molar-refractivity contribution >= 4 is 40.1 Å². The number of aryl methyl sites for hydroxylation is 1. The Balaban J connectivity index is 1.76. The van der Waals surface area contributed by atoms with Gasteiger partial charge in [-0.05, 0) is 30.7 Å². The van der Waals surface area contributed by atoms with Gasteiger partial charge in [-0.1, -0.05) is 35.9 Å². The number of rotatable bonds is 4. The van der Waals surface area contributed by atoms with Gasteiger partial charge in [-0.15, -0.1) is 0 Å². The molecule has 0 unspecified atom stereocenters. The molecule has 0 saturated carbocycles. The van der Waals surface area contributed by atoms with E-state index in [2.05, 4.69) is 10.6 Å². The van der Waals surface area contributed by atoms with E-state index in [0.717, 1.165) is 16.5 Å². The predicted octanol–water partition coefficient (Wildman–Crippen LogP) is 4.28. The van der Waals surface area contributed by atoms with Gasteiger partial charge in [-0.2, -0.15) is 0 Å². The molecule has 2 N–H and O–H groups in total. The molecule has 2 amide bonds. The fraction of sp³-hybridized carbons (Fsp3) is 0.158. The van der Waals surface area contributed by atoms with Crippen molar-refractivity contribution in [2.45, 2.75) is 20.4 Å². The summed E-state index contributed by atoms with van der Waals surface area (Å²) in [6.45, 7) is 3.59. The molecular formula is C19H17ClN2O3. The highest BCUT2D eigenvalue weighted by Crippen LogP contribution is 2.30. The second-order valence-electron chi connectivity index (χ2n) is 5.74. The van der Waals surface area contributed by atoms with Crippen molar-refractivity contribution in [2.24, 2.45) is 0 Å². The third kappa shape index (κ3) is 3.67. The van der Waals surface area contributed by atoms with Gasteiger partial charge in [0.05, 0.1) is 5.02 Å². The van der Waals surface area contributed by atoms with E-state index in [1.807, 2.05) is 37.3 Å². The molecule has 0 spiro atoms. The summed E-state index contributed by atoms with van der Waals surface area (Å²) in [5.74, 6) is -0.202. The van der Waals surface area contributed by atoms with Gasteiger partial charge in [0, 0.05) is 30.1 Å². The van der Waals surface area contributed by atoms with Crippen molar-refractivity contribution in [1.29, 1.82) is 0 Å². The average Bonchev–Trinajstić information content (AvgIpc) is 2.91. The van der Waals surface area contributed by atoms with Crippen LogP contribution in [-0.2, 0) is 11.3 Å². The zero-order valence-corrected chi connectivity index (χ0v) is 14.6. The minimum Gasteiger partial charge on any atom is -0.449 e. The topological polar surface area (TPSA) is 71.3 Å². The normalized spacial score (nSPS) is 10.7. The molecule has 0 fully saturated rings. The van der Waals surface area contributed by atoms with Crippen molar-refractivity contribution < 1.29 is 14.0 Å². The van der Waals surface area contributed by atoms with Gasteiger partial charge in [-0.25, -0.2) is 0 Å². The van der Waals surface area contributed by atoms with Crippen LogP contribution in [0.5, 0.6) is 0 Å². The average molecular weight is 357 g/mol. The van der Waals surface area contributed by atoms with Crippen LogP contribution in [0, 0.1) is 6.92 Å². The molecule has 0 radical (unpaired) electrons. The fourth-order valence-corrected chi connectivity index (χ4v) is 2.86. The van der Waals surface area contributed by atoms with E-state index in [0.29, 0.717) is 22.8 Å². The first-order valence-electron chi connectivity index (χ1n) is 7.78. The molecule has 1 heterocycles. The lowest BCUT2D eigenvalue weighted by Gasteiger charge is -2.07. The van der Waals surface area contributed by atoms with E-state index in [1.54, 1.807) is 12.1 Å². The molecule has 1 aromatic heterocycles. The van der Waals surface area contributed by atoms with Crippen molar-refractivity contribution in [3.8, 4) is 0 Å². The van der Waals surface area contributed by atoms with Crippen LogP contribution in [0.15, 0.2) is 46.9 Å². The molecule has 0 bridgehead atoms. The maximum absolute atomic E-state index is 12.5. The van der Waals surface area contributed by atoms with Crippen LogP contribution in [0.25, 0.3) is 11.0 Å². The molecule has 0 aliphatic rings. The quantitative estimate of drug-likeness (QED) is 0.732. The number of furan rings is 1. The lowest BCUT2D eigenvalue weighted by atomic mass is 10.1. The Morgan fingerprint density at radius 1 is 1.16 bits per heavy atom. The van der Waals surface area contributed by atoms with Gasteiger partial charge in [-0.3, -0.25) is 9.59 Å². The maximum atomic E-state index is 12.5. The Hall–Kier alpha value is -2.79. The van der Waals surface area contributed by atoms with Gasteiger partial charge >= 0.3 is 0 Å². The van der Waals surface area contributed by atoms with Crippen molar-refractivity contribution in [3.63, 3.8) is 0 Å². The number of anilines is 1. The van der Waals surface area contributed by atoms with Crippen LogP contribution in [0.1, 0.15) is 28.6 Å². The second kappa shape index (κ2) is 6.99. The number of nitrogens with one attached hydrogen (secondary N) is 2. The smallest absolute Gasteiger partial charge is 0.287 e. The number of carbonyl (C=O) groups excluding carboxylic acids is 2. The van der Waals surface area contributed by atoms with Crippen molar-refractivity contribution in [2.75, 3.05) is 5.32 Å². The van der Waals surface area contributed by atoms with Gasteiger partial charge in [0.1, 0.15) is 0 Å². The zero-order chi connectivity index (χ0) is 18.0. The first kappa shape index (κ1) is 17.0. The number of amides is 2. The Morgan fingerprint density at radius 2 is 1.92 bits per heavy atom. The van der Waals surface area contributed by atoms with Crippen molar-refractivity contribution in [1.82, 2.24) is 5.32 Å². The van der Waals surface area contributed by atoms with E-state index >= 15 is 0 Å². The minimum absolute atomic E-state index is 0.143. The number of halogens is 1. The Morgan fingerprint density at radius 3 is 2.64 bits per heavy atom. The Labute approximate surface area is 150 Å². The summed E-state index contributed by atoms with van der Waals surface area (Å²) < 4.78 is 5.66. The number of hydrogen-bond donors (Lipinski definition) is 2. The number of fused-ring (bicyclic) bond motifs is 1. The Bertz CT molecular complexity index is 962. The summed E-state index contributed by atoms with van der Waals surface area (Å²) in [7, 11) is 0. The minimum atomic E-state index is -0.310. The highest BCUT2D eigenvalue weighted by atomic mass is 35.5. The van der Waals surface area contributed by atoms with Gasteiger partial charge in [0.2, 0.25) is 5.91 Å². The number of benzene rings is 2. The summed E-state index contributed by atoms with van der Waals surface area (Å²) in [5, 5.41) is 6.84. The van der Waals surface area contributed by atoms with E-state index in [1.165, 1.54) is 6.92 Å².